The molecule has 0 saturated carbocycles. The van der Waals surface area contributed by atoms with Crippen LogP contribution < -0.4 is 5.32 Å². The Kier molecular flexibility index (Phi) is 5.28. The van der Waals surface area contributed by atoms with E-state index < -0.39 is 0 Å². The molecule has 0 aliphatic heterocycles. The first-order chi connectivity index (χ1) is 11.7. The Balaban J connectivity index is 1.64. The molecule has 124 valence electrons. The summed E-state index contributed by atoms with van der Waals surface area (Å²) < 4.78 is 18.3. The highest BCUT2D eigenvalue weighted by atomic mass is 32.1. The number of amides is 2. The number of benzene rings is 1. The number of carbonyl (C=O) groups excluding carboxylic acids is 1. The summed E-state index contributed by atoms with van der Waals surface area (Å²) in [5.41, 5.74) is 1.92. The number of rotatable bonds is 6. The van der Waals surface area contributed by atoms with E-state index in [1.165, 1.54) is 12.1 Å². The van der Waals surface area contributed by atoms with Crippen molar-refractivity contribution in [2.45, 2.75) is 19.6 Å². The Labute approximate surface area is 143 Å². The Bertz CT molecular complexity index is 719. The maximum absolute atomic E-state index is 12.9. The van der Waals surface area contributed by atoms with Crippen LogP contribution in [0.15, 0.2) is 63.9 Å². The van der Waals surface area contributed by atoms with Gasteiger partial charge in [-0.05, 0) is 52.2 Å². The van der Waals surface area contributed by atoms with E-state index in [2.05, 4.69) is 5.32 Å². The summed E-state index contributed by atoms with van der Waals surface area (Å²) in [5.74, 6) is 0.434. The standard InChI is InChI=1S/C18H17FN2O2S/c19-16-5-3-14(4-6-16)10-20-18(22)21(11-15-7-9-24-13-15)12-17-2-1-8-23-17/h1-9,13H,10-12H2,(H,20,22). The number of halogens is 1. The number of thiophene rings is 1. The number of carbonyl (C=O) groups is 1. The smallest absolute Gasteiger partial charge is 0.318 e. The molecule has 1 aromatic carbocycles. The topological polar surface area (TPSA) is 45.5 Å². The lowest BCUT2D eigenvalue weighted by atomic mass is 10.2. The van der Waals surface area contributed by atoms with Gasteiger partial charge in [-0.3, -0.25) is 0 Å². The molecule has 24 heavy (non-hydrogen) atoms. The van der Waals surface area contributed by atoms with E-state index in [-0.39, 0.29) is 11.8 Å². The molecule has 2 aromatic heterocycles. The molecule has 4 nitrogen and oxygen atoms in total. The molecule has 3 aromatic rings. The van der Waals surface area contributed by atoms with Gasteiger partial charge < -0.3 is 14.6 Å². The number of nitrogens with one attached hydrogen (secondary N) is 1. The third kappa shape index (κ3) is 4.45. The van der Waals surface area contributed by atoms with Gasteiger partial charge in [0.05, 0.1) is 12.8 Å². The molecule has 0 bridgehead atoms. The number of urea groups is 1. The molecule has 0 atom stereocenters. The van der Waals surface area contributed by atoms with Crippen molar-refractivity contribution in [1.82, 2.24) is 10.2 Å². The predicted molar refractivity (Wildman–Crippen MR) is 90.9 cm³/mol. The molecule has 6 heteroatoms. The van der Waals surface area contributed by atoms with Crippen LogP contribution in [0.5, 0.6) is 0 Å². The predicted octanol–water partition coefficient (Wildman–Crippen LogP) is 4.39. The van der Waals surface area contributed by atoms with Crippen LogP contribution in [0.2, 0.25) is 0 Å². The highest BCUT2D eigenvalue weighted by Gasteiger charge is 2.16. The van der Waals surface area contributed by atoms with Crippen molar-refractivity contribution in [1.29, 1.82) is 0 Å². The SMILES string of the molecule is O=C(NCc1ccc(F)cc1)N(Cc1ccsc1)Cc1ccco1. The van der Waals surface area contributed by atoms with Crippen LogP contribution in [0.3, 0.4) is 0 Å². The summed E-state index contributed by atoms with van der Waals surface area (Å²) in [4.78, 5) is 14.2. The number of furan rings is 1. The lowest BCUT2D eigenvalue weighted by molar-refractivity contribution is 0.187. The Morgan fingerprint density at radius 1 is 1.12 bits per heavy atom. The molecule has 0 spiro atoms. The van der Waals surface area contributed by atoms with Crippen LogP contribution in [-0.4, -0.2) is 10.9 Å². The molecule has 0 aliphatic rings. The van der Waals surface area contributed by atoms with Crippen LogP contribution in [-0.2, 0) is 19.6 Å². The van der Waals surface area contributed by atoms with E-state index in [4.69, 9.17) is 4.42 Å². The largest absolute Gasteiger partial charge is 0.467 e. The van der Waals surface area contributed by atoms with Gasteiger partial charge in [0.15, 0.2) is 0 Å². The average Bonchev–Trinajstić information content (AvgIpc) is 3.27. The first-order valence-electron chi connectivity index (χ1n) is 7.51. The second-order valence-corrected chi connectivity index (χ2v) is 6.13. The zero-order chi connectivity index (χ0) is 16.8. The molecule has 3 rings (SSSR count). The van der Waals surface area contributed by atoms with Gasteiger partial charge in [-0.25, -0.2) is 9.18 Å². The summed E-state index contributed by atoms with van der Waals surface area (Å²) in [6, 6.07) is 11.5. The van der Waals surface area contributed by atoms with E-state index in [0.29, 0.717) is 19.6 Å². The van der Waals surface area contributed by atoms with Crippen molar-refractivity contribution >= 4 is 17.4 Å². The van der Waals surface area contributed by atoms with Crippen LogP contribution in [0.4, 0.5) is 9.18 Å². The lowest BCUT2D eigenvalue weighted by Crippen LogP contribution is -2.38. The molecule has 2 heterocycles. The Hall–Kier alpha value is -2.60. The molecule has 0 radical (unpaired) electrons. The molecule has 0 fully saturated rings. The lowest BCUT2D eigenvalue weighted by Gasteiger charge is -2.22. The summed E-state index contributed by atoms with van der Waals surface area (Å²) >= 11 is 1.60. The van der Waals surface area contributed by atoms with Crippen LogP contribution in [0, 0.1) is 5.82 Å². The van der Waals surface area contributed by atoms with Crippen molar-refractivity contribution < 1.29 is 13.6 Å². The Morgan fingerprint density at radius 2 is 1.96 bits per heavy atom. The summed E-state index contributed by atoms with van der Waals surface area (Å²) in [6.45, 7) is 1.23. The molecule has 0 saturated heterocycles. The van der Waals surface area contributed by atoms with Crippen molar-refractivity contribution in [3.63, 3.8) is 0 Å². The minimum absolute atomic E-state index is 0.193. The zero-order valence-electron chi connectivity index (χ0n) is 12.9. The fraction of sp³-hybridized carbons (Fsp3) is 0.167. The van der Waals surface area contributed by atoms with Gasteiger partial charge in [0, 0.05) is 13.1 Å². The van der Waals surface area contributed by atoms with E-state index in [9.17, 15) is 9.18 Å². The normalized spacial score (nSPS) is 10.5. The molecule has 0 unspecified atom stereocenters. The van der Waals surface area contributed by atoms with Crippen molar-refractivity contribution in [2.24, 2.45) is 0 Å². The third-order valence-electron chi connectivity index (χ3n) is 3.52. The van der Waals surface area contributed by atoms with Crippen LogP contribution in [0.1, 0.15) is 16.9 Å². The van der Waals surface area contributed by atoms with E-state index in [1.807, 2.05) is 22.9 Å². The van der Waals surface area contributed by atoms with Gasteiger partial charge in [0.1, 0.15) is 11.6 Å². The monoisotopic (exact) mass is 344 g/mol. The van der Waals surface area contributed by atoms with Crippen molar-refractivity contribution in [3.05, 3.63) is 82.2 Å². The molecular weight excluding hydrogens is 327 g/mol. The van der Waals surface area contributed by atoms with Gasteiger partial charge in [-0.15, -0.1) is 0 Å². The minimum Gasteiger partial charge on any atom is -0.467 e. The van der Waals surface area contributed by atoms with Gasteiger partial charge in [0.25, 0.3) is 0 Å². The molecule has 2 amide bonds. The second-order valence-electron chi connectivity index (χ2n) is 5.35. The third-order valence-corrected chi connectivity index (χ3v) is 4.26. The van der Waals surface area contributed by atoms with Gasteiger partial charge in [-0.2, -0.15) is 11.3 Å². The highest BCUT2D eigenvalue weighted by Crippen LogP contribution is 2.13. The van der Waals surface area contributed by atoms with Crippen LogP contribution in [0.25, 0.3) is 0 Å². The number of hydrogen-bond acceptors (Lipinski definition) is 3. The number of nitrogens with zero attached hydrogens (tertiary/aromatic N) is 1. The maximum atomic E-state index is 12.9. The molecule has 0 aliphatic carbocycles. The summed E-state index contributed by atoms with van der Waals surface area (Å²) in [5, 5.41) is 6.87. The molecular formula is C18H17FN2O2S. The maximum Gasteiger partial charge on any atom is 0.318 e. The van der Waals surface area contributed by atoms with Gasteiger partial charge in [-0.1, -0.05) is 12.1 Å². The number of hydrogen-bond donors (Lipinski definition) is 1. The van der Waals surface area contributed by atoms with Gasteiger partial charge in [0.2, 0.25) is 0 Å². The van der Waals surface area contributed by atoms with E-state index in [0.717, 1.165) is 16.9 Å². The fourth-order valence-corrected chi connectivity index (χ4v) is 2.94. The van der Waals surface area contributed by atoms with Crippen LogP contribution >= 0.6 is 11.3 Å². The zero-order valence-corrected chi connectivity index (χ0v) is 13.8. The van der Waals surface area contributed by atoms with Crippen molar-refractivity contribution in [2.75, 3.05) is 0 Å². The molecule has 1 N–H and O–H groups in total. The second kappa shape index (κ2) is 7.79. The Morgan fingerprint density at radius 3 is 2.62 bits per heavy atom. The van der Waals surface area contributed by atoms with E-state index in [1.54, 1.807) is 40.7 Å². The van der Waals surface area contributed by atoms with Gasteiger partial charge >= 0.3 is 6.03 Å². The minimum atomic E-state index is -0.290. The highest BCUT2D eigenvalue weighted by molar-refractivity contribution is 7.07. The fourth-order valence-electron chi connectivity index (χ4n) is 2.28. The first kappa shape index (κ1) is 16.3. The summed E-state index contributed by atoms with van der Waals surface area (Å²) in [6.07, 6.45) is 1.59. The van der Waals surface area contributed by atoms with E-state index >= 15 is 0 Å². The first-order valence-corrected chi connectivity index (χ1v) is 8.45. The summed E-state index contributed by atoms with van der Waals surface area (Å²) in [7, 11) is 0. The van der Waals surface area contributed by atoms with Crippen molar-refractivity contribution in [3.8, 4) is 0 Å². The average molecular weight is 344 g/mol. The quantitative estimate of drug-likeness (QED) is 0.721.